The van der Waals surface area contributed by atoms with Gasteiger partial charge in [0.05, 0.1) is 0 Å². The summed E-state index contributed by atoms with van der Waals surface area (Å²) in [5, 5.41) is 8.83. The average Bonchev–Trinajstić information content (AvgIpc) is 1.95. The van der Waals surface area contributed by atoms with Crippen molar-refractivity contribution in [3.8, 4) is 0 Å². The van der Waals surface area contributed by atoms with Crippen molar-refractivity contribution < 1.29 is 63.3 Å². The molecule has 0 atom stereocenters. The second kappa shape index (κ2) is 5.60. The summed E-state index contributed by atoms with van der Waals surface area (Å²) in [4.78, 5) is 0. The molecule has 1 N–H and O–H groups in total. The fourth-order valence-electron chi connectivity index (χ4n) is 0.913. The summed E-state index contributed by atoms with van der Waals surface area (Å²) in [6.45, 7) is 4.12. The molecule has 0 spiro atoms. The molecule has 1 rings (SSSR count). The number of rotatable bonds is 1. The third-order valence-corrected chi connectivity index (χ3v) is 1.80. The van der Waals surface area contributed by atoms with Crippen LogP contribution < -0.4 is 58.2 Å². The maximum Gasteiger partial charge on any atom is 1.00 e. The molecule has 0 heterocycles. The summed E-state index contributed by atoms with van der Waals surface area (Å²) < 4.78 is 0. The van der Waals surface area contributed by atoms with Gasteiger partial charge in [-0.3, -0.25) is 0 Å². The number of aliphatic hydroxyl groups excluding tert-OH is 1. The fourth-order valence-corrected chi connectivity index (χ4v) is 0.913. The van der Waals surface area contributed by atoms with Crippen molar-refractivity contribution in [2.24, 2.45) is 0 Å². The van der Waals surface area contributed by atoms with E-state index >= 15 is 0 Å². The van der Waals surface area contributed by atoms with Crippen LogP contribution in [-0.2, 0) is 6.61 Å². The Bertz CT molecular complexity index is 233. The molecule has 11 heavy (non-hydrogen) atoms. The summed E-state index contributed by atoms with van der Waals surface area (Å²) in [6, 6.07) is 6.80. The van der Waals surface area contributed by atoms with Crippen LogP contribution in [0, 0.1) is 19.9 Å². The van der Waals surface area contributed by atoms with Gasteiger partial charge in [-0.1, -0.05) is 13.8 Å². The first kappa shape index (κ1) is 12.0. The van der Waals surface area contributed by atoms with Gasteiger partial charge < -0.3 is 5.11 Å². The van der Waals surface area contributed by atoms with Gasteiger partial charge in [-0.05, 0) is 0 Å². The molecule has 0 aliphatic rings. The van der Waals surface area contributed by atoms with Gasteiger partial charge in [-0.2, -0.15) is 29.3 Å². The van der Waals surface area contributed by atoms with Crippen molar-refractivity contribution in [1.82, 2.24) is 0 Å². The summed E-state index contributed by atoms with van der Waals surface area (Å²) in [7, 11) is 0. The van der Waals surface area contributed by atoms with Gasteiger partial charge in [0.25, 0.3) is 0 Å². The number of hydrogen-bond acceptors (Lipinski definition) is 1. The molecule has 0 saturated heterocycles. The Labute approximate surface area is 117 Å². The van der Waals surface area contributed by atoms with Crippen LogP contribution in [0.25, 0.3) is 0 Å². The maximum absolute atomic E-state index is 8.83. The van der Waals surface area contributed by atoms with Crippen LogP contribution in [0.15, 0.2) is 12.1 Å². The predicted octanol–water partition coefficient (Wildman–Crippen LogP) is -1.40. The monoisotopic (exact) mass is 220 g/mol. The molecule has 0 aliphatic carbocycles. The minimum absolute atomic E-state index is 0. The van der Waals surface area contributed by atoms with Crippen LogP contribution in [0.1, 0.15) is 16.7 Å². The molecule has 0 aliphatic heterocycles. The Balaban J connectivity index is 0.000001000. The molecular formula is C9H11ORb. The van der Waals surface area contributed by atoms with Gasteiger partial charge in [0.2, 0.25) is 0 Å². The van der Waals surface area contributed by atoms with Gasteiger partial charge in [-0.25, -0.2) is 0 Å². The molecule has 0 aromatic heterocycles. The summed E-state index contributed by atoms with van der Waals surface area (Å²) >= 11 is 0. The van der Waals surface area contributed by atoms with E-state index in [0.29, 0.717) is 0 Å². The number of aryl methyl sites for hydroxylation is 1. The Kier molecular flexibility index (Phi) is 6.10. The molecule has 0 unspecified atom stereocenters. The first-order valence-corrected chi connectivity index (χ1v) is 3.33. The third kappa shape index (κ3) is 3.07. The summed E-state index contributed by atoms with van der Waals surface area (Å²) in [5.74, 6) is 0. The van der Waals surface area contributed by atoms with Crippen molar-refractivity contribution in [3.63, 3.8) is 0 Å². The van der Waals surface area contributed by atoms with E-state index < -0.39 is 0 Å². The van der Waals surface area contributed by atoms with Crippen molar-refractivity contribution in [2.75, 3.05) is 0 Å². The number of benzene rings is 1. The normalized spacial score (nSPS) is 9.00. The first-order valence-electron chi connectivity index (χ1n) is 3.33. The standard InChI is InChI=1S/C9H11O.Rb/c1-7-4-3-5-9(6-10)8(7)2;/h3,5,10H,6H2,1-2H3;/q-1;+1. The molecule has 0 bridgehead atoms. The molecule has 54 valence electrons. The minimum atomic E-state index is 0. The smallest absolute Gasteiger partial charge is 0.394 e. The van der Waals surface area contributed by atoms with E-state index in [-0.39, 0.29) is 64.8 Å². The van der Waals surface area contributed by atoms with E-state index in [1.807, 2.05) is 26.0 Å². The van der Waals surface area contributed by atoms with E-state index in [2.05, 4.69) is 6.07 Å². The van der Waals surface area contributed by atoms with Gasteiger partial charge >= 0.3 is 58.2 Å². The van der Waals surface area contributed by atoms with Crippen LogP contribution in [0.3, 0.4) is 0 Å². The van der Waals surface area contributed by atoms with Crippen molar-refractivity contribution in [1.29, 1.82) is 0 Å². The molecule has 1 aromatic rings. The van der Waals surface area contributed by atoms with Crippen molar-refractivity contribution >= 4 is 0 Å². The minimum Gasteiger partial charge on any atom is -0.394 e. The van der Waals surface area contributed by atoms with Gasteiger partial charge in [0.15, 0.2) is 0 Å². The van der Waals surface area contributed by atoms with Crippen molar-refractivity contribution in [3.05, 3.63) is 34.9 Å². The van der Waals surface area contributed by atoms with E-state index in [9.17, 15) is 0 Å². The van der Waals surface area contributed by atoms with Gasteiger partial charge in [-0.15, -0.1) is 5.56 Å². The van der Waals surface area contributed by atoms with E-state index in [1.54, 1.807) is 0 Å². The Morgan fingerprint density at radius 3 is 2.55 bits per heavy atom. The van der Waals surface area contributed by atoms with Crippen LogP contribution in [0.5, 0.6) is 0 Å². The number of aliphatic hydroxyl groups is 1. The largest absolute Gasteiger partial charge is 1.00 e. The Morgan fingerprint density at radius 1 is 1.45 bits per heavy atom. The average molecular weight is 221 g/mol. The van der Waals surface area contributed by atoms with Crippen LogP contribution in [0.2, 0.25) is 0 Å². The molecule has 1 nitrogen and oxygen atoms in total. The predicted molar refractivity (Wildman–Crippen MR) is 40.7 cm³/mol. The Hall–Kier alpha value is 0.985. The fraction of sp³-hybridized carbons (Fsp3) is 0.333. The zero-order valence-corrected chi connectivity index (χ0v) is 12.2. The van der Waals surface area contributed by atoms with Gasteiger partial charge in [0.1, 0.15) is 0 Å². The molecule has 0 radical (unpaired) electrons. The zero-order valence-electron chi connectivity index (χ0n) is 7.31. The van der Waals surface area contributed by atoms with Crippen LogP contribution in [0.4, 0.5) is 0 Å². The van der Waals surface area contributed by atoms with Crippen LogP contribution >= 0.6 is 0 Å². The SMILES string of the molecule is Cc1[c-]ccc(CO)c1C.[Rb+]. The second-order valence-corrected chi connectivity index (χ2v) is 2.41. The molecule has 1 aromatic carbocycles. The van der Waals surface area contributed by atoms with Crippen LogP contribution in [-0.4, -0.2) is 5.11 Å². The molecule has 0 amide bonds. The molecular weight excluding hydrogens is 210 g/mol. The van der Waals surface area contributed by atoms with E-state index in [0.717, 1.165) is 16.7 Å². The molecule has 0 fully saturated rings. The van der Waals surface area contributed by atoms with E-state index in [1.165, 1.54) is 0 Å². The summed E-state index contributed by atoms with van der Waals surface area (Å²) in [6.07, 6.45) is 0. The molecule has 2 heteroatoms. The van der Waals surface area contributed by atoms with E-state index in [4.69, 9.17) is 5.11 Å². The first-order chi connectivity index (χ1) is 4.75. The zero-order chi connectivity index (χ0) is 7.56. The van der Waals surface area contributed by atoms with Crippen molar-refractivity contribution in [2.45, 2.75) is 20.5 Å². The topological polar surface area (TPSA) is 20.2 Å². The quantitative estimate of drug-likeness (QED) is 0.578. The third-order valence-electron chi connectivity index (χ3n) is 1.80. The second-order valence-electron chi connectivity index (χ2n) is 2.41. The van der Waals surface area contributed by atoms with Gasteiger partial charge in [0, 0.05) is 6.61 Å². The maximum atomic E-state index is 8.83. The number of hydrogen-bond donors (Lipinski definition) is 1. The summed E-state index contributed by atoms with van der Waals surface area (Å²) in [5.41, 5.74) is 3.26. The Morgan fingerprint density at radius 2 is 2.09 bits per heavy atom. The molecule has 0 saturated carbocycles.